The molecule has 0 spiro atoms. The van der Waals surface area contributed by atoms with Gasteiger partial charge in [0.1, 0.15) is 0 Å². The Balaban J connectivity index is 1.33. The minimum Gasteiger partial charge on any atom is -0.337 e. The van der Waals surface area contributed by atoms with E-state index in [0.717, 1.165) is 24.9 Å². The van der Waals surface area contributed by atoms with E-state index in [2.05, 4.69) is 15.5 Å². The Morgan fingerprint density at radius 1 is 0.862 bits per heavy atom. The Kier molecular flexibility index (Phi) is 4.56. The number of anilines is 1. The van der Waals surface area contributed by atoms with Gasteiger partial charge in [0.25, 0.3) is 0 Å². The van der Waals surface area contributed by atoms with E-state index in [1.807, 2.05) is 47.4 Å². The van der Waals surface area contributed by atoms with Crippen molar-refractivity contribution in [1.29, 1.82) is 0 Å². The second-order valence-electron chi connectivity index (χ2n) is 7.40. The van der Waals surface area contributed by atoms with Crippen LogP contribution in [-0.4, -0.2) is 59.1 Å². The number of sulfonamides is 1. The maximum Gasteiger partial charge on any atom is 0.250 e. The lowest BCUT2D eigenvalue weighted by Crippen LogP contribution is -2.49. The molecule has 0 unspecified atom stereocenters. The van der Waals surface area contributed by atoms with Gasteiger partial charge in [0.05, 0.1) is 10.6 Å². The Morgan fingerprint density at radius 2 is 1.62 bits per heavy atom. The molecule has 8 nitrogen and oxygen atoms in total. The number of aromatic nitrogens is 4. The first-order chi connectivity index (χ1) is 14.1. The van der Waals surface area contributed by atoms with Crippen molar-refractivity contribution in [1.82, 2.24) is 24.5 Å². The molecule has 0 bridgehead atoms. The van der Waals surface area contributed by atoms with Crippen molar-refractivity contribution in [3.8, 4) is 5.69 Å². The largest absolute Gasteiger partial charge is 0.337 e. The monoisotopic (exact) mass is 410 g/mol. The first kappa shape index (κ1) is 18.3. The van der Waals surface area contributed by atoms with Gasteiger partial charge in [-0.1, -0.05) is 29.4 Å². The first-order valence-corrected chi connectivity index (χ1v) is 11.3. The molecule has 2 heterocycles. The molecule has 1 aliphatic carbocycles. The van der Waals surface area contributed by atoms with Crippen molar-refractivity contribution in [2.24, 2.45) is 0 Å². The standard InChI is InChI=1S/C20H22N6O2S/c27-29(28,19-10-9-16-5-4-6-17(16)15-19)25-13-11-24(12-14-25)20-21-22-23-26(20)18-7-2-1-3-8-18/h1-3,7-10,15H,4-6,11-14H2. The third kappa shape index (κ3) is 3.30. The fourth-order valence-corrected chi connectivity index (χ4v) is 5.58. The van der Waals surface area contributed by atoms with Crippen molar-refractivity contribution < 1.29 is 8.42 Å². The van der Waals surface area contributed by atoms with Crippen molar-refractivity contribution in [3.63, 3.8) is 0 Å². The average Bonchev–Trinajstić information content (AvgIpc) is 3.43. The van der Waals surface area contributed by atoms with Crippen LogP contribution < -0.4 is 4.90 Å². The smallest absolute Gasteiger partial charge is 0.250 e. The molecule has 1 aromatic heterocycles. The summed E-state index contributed by atoms with van der Waals surface area (Å²) in [5, 5.41) is 12.1. The van der Waals surface area contributed by atoms with E-state index in [1.54, 1.807) is 15.1 Å². The zero-order valence-corrected chi connectivity index (χ0v) is 16.8. The quantitative estimate of drug-likeness (QED) is 0.650. The number of fused-ring (bicyclic) bond motifs is 1. The van der Waals surface area contributed by atoms with Gasteiger partial charge in [-0.2, -0.15) is 8.99 Å². The van der Waals surface area contributed by atoms with Crippen molar-refractivity contribution in [2.75, 3.05) is 31.1 Å². The normalized spacial score (nSPS) is 17.4. The summed E-state index contributed by atoms with van der Waals surface area (Å²) in [5.41, 5.74) is 3.33. The second kappa shape index (κ2) is 7.23. The number of aryl methyl sites for hydroxylation is 2. The summed E-state index contributed by atoms with van der Waals surface area (Å²) in [6, 6.07) is 15.3. The summed E-state index contributed by atoms with van der Waals surface area (Å²) < 4.78 is 29.5. The molecule has 0 radical (unpaired) electrons. The van der Waals surface area contributed by atoms with Crippen molar-refractivity contribution in [2.45, 2.75) is 24.2 Å². The molecule has 1 aliphatic heterocycles. The third-order valence-electron chi connectivity index (χ3n) is 5.68. The summed E-state index contributed by atoms with van der Waals surface area (Å²) in [5.74, 6) is 0.630. The minimum absolute atomic E-state index is 0.403. The molecule has 2 aromatic carbocycles. The second-order valence-corrected chi connectivity index (χ2v) is 9.34. The van der Waals surface area contributed by atoms with E-state index in [0.29, 0.717) is 37.0 Å². The van der Waals surface area contributed by atoms with Crippen LogP contribution in [0.25, 0.3) is 5.69 Å². The van der Waals surface area contributed by atoms with Gasteiger partial charge < -0.3 is 4.90 Å². The average molecular weight is 411 g/mol. The van der Waals surface area contributed by atoms with Crippen LogP contribution in [0.5, 0.6) is 0 Å². The molecule has 0 amide bonds. The highest BCUT2D eigenvalue weighted by atomic mass is 32.2. The van der Waals surface area contributed by atoms with Crippen LogP contribution >= 0.6 is 0 Å². The van der Waals surface area contributed by atoms with E-state index in [4.69, 9.17) is 0 Å². The number of tetrazole rings is 1. The van der Waals surface area contributed by atoms with Crippen LogP contribution in [0.4, 0.5) is 5.95 Å². The zero-order valence-electron chi connectivity index (χ0n) is 16.0. The van der Waals surface area contributed by atoms with Gasteiger partial charge in [0.15, 0.2) is 0 Å². The summed E-state index contributed by atoms with van der Waals surface area (Å²) >= 11 is 0. The van der Waals surface area contributed by atoms with Gasteiger partial charge in [0.2, 0.25) is 16.0 Å². The number of nitrogens with zero attached hydrogens (tertiary/aromatic N) is 6. The first-order valence-electron chi connectivity index (χ1n) is 9.84. The highest BCUT2D eigenvalue weighted by Crippen LogP contribution is 2.27. The maximum absolute atomic E-state index is 13.1. The molecular weight excluding hydrogens is 388 g/mol. The third-order valence-corrected chi connectivity index (χ3v) is 7.58. The summed E-state index contributed by atoms with van der Waals surface area (Å²) in [4.78, 5) is 2.43. The lowest BCUT2D eigenvalue weighted by molar-refractivity contribution is 0.381. The Bertz CT molecular complexity index is 1120. The molecule has 1 fully saturated rings. The van der Waals surface area contributed by atoms with Gasteiger partial charge in [-0.15, -0.1) is 0 Å². The summed E-state index contributed by atoms with van der Waals surface area (Å²) in [7, 11) is -3.49. The van der Waals surface area contributed by atoms with E-state index >= 15 is 0 Å². The molecular formula is C20H22N6O2S. The van der Waals surface area contributed by atoms with Crippen molar-refractivity contribution in [3.05, 3.63) is 59.7 Å². The lowest BCUT2D eigenvalue weighted by atomic mass is 10.1. The predicted octanol–water partition coefficient (Wildman–Crippen LogP) is 1.66. The maximum atomic E-state index is 13.1. The summed E-state index contributed by atoms with van der Waals surface area (Å²) in [6.07, 6.45) is 3.12. The van der Waals surface area contributed by atoms with Crippen LogP contribution in [0.3, 0.4) is 0 Å². The fraction of sp³-hybridized carbons (Fsp3) is 0.350. The van der Waals surface area contributed by atoms with E-state index in [9.17, 15) is 8.42 Å². The van der Waals surface area contributed by atoms with E-state index < -0.39 is 10.0 Å². The number of hydrogen-bond donors (Lipinski definition) is 0. The van der Waals surface area contributed by atoms with Gasteiger partial charge in [-0.05, 0) is 65.1 Å². The van der Waals surface area contributed by atoms with Crippen molar-refractivity contribution >= 4 is 16.0 Å². The zero-order chi connectivity index (χ0) is 19.8. The fourth-order valence-electron chi connectivity index (χ4n) is 4.10. The highest BCUT2D eigenvalue weighted by molar-refractivity contribution is 7.89. The topological polar surface area (TPSA) is 84.2 Å². The van der Waals surface area contributed by atoms with Gasteiger partial charge >= 0.3 is 0 Å². The molecule has 0 saturated carbocycles. The molecule has 5 rings (SSSR count). The summed E-state index contributed by atoms with van der Waals surface area (Å²) in [6.45, 7) is 1.89. The molecule has 2 aliphatic rings. The van der Waals surface area contributed by atoms with E-state index in [-0.39, 0.29) is 0 Å². The van der Waals surface area contributed by atoms with Crippen LogP contribution in [0.2, 0.25) is 0 Å². The lowest BCUT2D eigenvalue weighted by Gasteiger charge is -2.34. The Morgan fingerprint density at radius 3 is 2.41 bits per heavy atom. The van der Waals surface area contributed by atoms with Crippen LogP contribution in [0, 0.1) is 0 Å². The molecule has 0 atom stereocenters. The molecule has 3 aromatic rings. The Labute approximate surface area is 169 Å². The number of benzene rings is 2. The SMILES string of the molecule is O=S(=O)(c1ccc2c(c1)CCC2)N1CCN(c2nnnn2-c2ccccc2)CC1. The number of piperazine rings is 1. The Hall–Kier alpha value is -2.78. The number of para-hydroxylation sites is 1. The number of hydrogen-bond acceptors (Lipinski definition) is 6. The van der Waals surface area contributed by atoms with Gasteiger partial charge in [-0.3, -0.25) is 0 Å². The highest BCUT2D eigenvalue weighted by Gasteiger charge is 2.31. The molecule has 29 heavy (non-hydrogen) atoms. The van der Waals surface area contributed by atoms with Gasteiger partial charge in [0, 0.05) is 26.2 Å². The van der Waals surface area contributed by atoms with Gasteiger partial charge in [-0.25, -0.2) is 8.42 Å². The molecule has 1 saturated heterocycles. The molecule has 9 heteroatoms. The predicted molar refractivity (Wildman–Crippen MR) is 109 cm³/mol. The van der Waals surface area contributed by atoms with Crippen LogP contribution in [0.15, 0.2) is 53.4 Å². The van der Waals surface area contributed by atoms with Crippen LogP contribution in [-0.2, 0) is 22.9 Å². The molecule has 0 N–H and O–H groups in total. The minimum atomic E-state index is -3.49. The number of rotatable bonds is 4. The van der Waals surface area contributed by atoms with Crippen LogP contribution in [0.1, 0.15) is 17.5 Å². The molecule has 150 valence electrons. The van der Waals surface area contributed by atoms with E-state index in [1.165, 1.54) is 11.1 Å².